The summed E-state index contributed by atoms with van der Waals surface area (Å²) in [5.41, 5.74) is 0. The first kappa shape index (κ1) is 8.63. The molecule has 1 nitrogen and oxygen atoms in total. The van der Waals surface area contributed by atoms with E-state index in [1.807, 2.05) is 6.20 Å². The maximum Gasteiger partial charge on any atom is 0.0171 e. The smallest absolute Gasteiger partial charge is 0.0171 e. The third kappa shape index (κ3) is 2.57. The summed E-state index contributed by atoms with van der Waals surface area (Å²) in [5, 5.41) is 0. The van der Waals surface area contributed by atoms with Crippen LogP contribution in [-0.2, 0) is 0 Å². The Labute approximate surface area is 70.1 Å². The van der Waals surface area contributed by atoms with Crippen LogP contribution in [0.5, 0.6) is 0 Å². The number of hydrogen-bond donors (Lipinski definition) is 0. The fraction of sp³-hybridized carbons (Fsp3) is 0.800. The second-order valence-electron chi connectivity index (χ2n) is 3.89. The molecule has 0 saturated heterocycles. The van der Waals surface area contributed by atoms with Crippen molar-refractivity contribution < 1.29 is 0 Å². The van der Waals surface area contributed by atoms with Crippen molar-refractivity contribution in [1.29, 1.82) is 0 Å². The van der Waals surface area contributed by atoms with Gasteiger partial charge in [0.2, 0.25) is 0 Å². The normalized spacial score (nSPS) is 29.3. The van der Waals surface area contributed by atoms with Crippen LogP contribution in [0, 0.1) is 11.8 Å². The summed E-state index contributed by atoms with van der Waals surface area (Å²) in [5.74, 6) is 2.00. The molecule has 1 rings (SSSR count). The van der Waals surface area contributed by atoms with Crippen LogP contribution in [0.15, 0.2) is 12.8 Å². The summed E-state index contributed by atoms with van der Waals surface area (Å²) in [6, 6.07) is 0. The first-order valence-electron chi connectivity index (χ1n) is 4.55. The zero-order chi connectivity index (χ0) is 8.27. The molecule has 0 amide bonds. The Bertz CT molecular complexity index is 125. The molecule has 0 aliphatic heterocycles. The van der Waals surface area contributed by atoms with Crippen LogP contribution < -0.4 is 0 Å². The second-order valence-corrected chi connectivity index (χ2v) is 3.89. The van der Waals surface area contributed by atoms with Gasteiger partial charge in [-0.1, -0.05) is 13.5 Å². The van der Waals surface area contributed by atoms with Crippen molar-refractivity contribution in [3.8, 4) is 0 Å². The Morgan fingerprint density at radius 2 is 2.18 bits per heavy atom. The second kappa shape index (κ2) is 3.80. The van der Waals surface area contributed by atoms with Gasteiger partial charge in [0.25, 0.3) is 0 Å². The largest absolute Gasteiger partial charge is 0.381 e. The van der Waals surface area contributed by atoms with E-state index < -0.39 is 0 Å². The fourth-order valence-electron chi connectivity index (χ4n) is 1.78. The Morgan fingerprint density at radius 1 is 1.55 bits per heavy atom. The summed E-state index contributed by atoms with van der Waals surface area (Å²) in [6.45, 7) is 7.25. The molecular weight excluding hydrogens is 134 g/mol. The molecule has 0 aromatic carbocycles. The van der Waals surface area contributed by atoms with Gasteiger partial charge in [-0.25, -0.2) is 0 Å². The first-order chi connectivity index (χ1) is 5.22. The fourth-order valence-corrected chi connectivity index (χ4v) is 1.78. The standard InChI is InChI=1S/C10H19N/c1-4-11(3)6-5-10-7-9(2)8-10/h4,9-10H,1,5-8H2,2-3H3. The molecule has 64 valence electrons. The van der Waals surface area contributed by atoms with Crippen LogP contribution in [0.1, 0.15) is 26.2 Å². The van der Waals surface area contributed by atoms with Crippen molar-refractivity contribution in [2.24, 2.45) is 11.8 Å². The van der Waals surface area contributed by atoms with Gasteiger partial charge in [-0.05, 0) is 37.3 Å². The quantitative estimate of drug-likeness (QED) is 0.600. The predicted molar refractivity (Wildman–Crippen MR) is 49.3 cm³/mol. The van der Waals surface area contributed by atoms with E-state index in [1.165, 1.54) is 25.8 Å². The van der Waals surface area contributed by atoms with Crippen molar-refractivity contribution in [1.82, 2.24) is 4.90 Å². The number of nitrogens with zero attached hydrogens (tertiary/aromatic N) is 1. The van der Waals surface area contributed by atoms with Gasteiger partial charge in [0.15, 0.2) is 0 Å². The molecule has 0 heterocycles. The summed E-state index contributed by atoms with van der Waals surface area (Å²) in [7, 11) is 2.09. The van der Waals surface area contributed by atoms with Crippen molar-refractivity contribution >= 4 is 0 Å². The summed E-state index contributed by atoms with van der Waals surface area (Å²) in [6.07, 6.45) is 6.16. The van der Waals surface area contributed by atoms with E-state index in [-0.39, 0.29) is 0 Å². The molecule has 0 atom stereocenters. The van der Waals surface area contributed by atoms with Gasteiger partial charge in [-0.2, -0.15) is 0 Å². The van der Waals surface area contributed by atoms with E-state index in [2.05, 4.69) is 25.5 Å². The number of hydrogen-bond acceptors (Lipinski definition) is 1. The van der Waals surface area contributed by atoms with Gasteiger partial charge in [0.05, 0.1) is 0 Å². The molecule has 1 saturated carbocycles. The van der Waals surface area contributed by atoms with Crippen LogP contribution >= 0.6 is 0 Å². The lowest BCUT2D eigenvalue weighted by Crippen LogP contribution is -2.25. The third-order valence-corrected chi connectivity index (χ3v) is 2.67. The van der Waals surface area contributed by atoms with Crippen LogP contribution in [0.25, 0.3) is 0 Å². The molecule has 11 heavy (non-hydrogen) atoms. The van der Waals surface area contributed by atoms with Gasteiger partial charge in [0.1, 0.15) is 0 Å². The summed E-state index contributed by atoms with van der Waals surface area (Å²) < 4.78 is 0. The number of rotatable bonds is 4. The van der Waals surface area contributed by atoms with Crippen LogP contribution in [0.4, 0.5) is 0 Å². The topological polar surface area (TPSA) is 3.24 Å². The average molecular weight is 153 g/mol. The van der Waals surface area contributed by atoms with Crippen LogP contribution in [0.2, 0.25) is 0 Å². The maximum atomic E-state index is 3.72. The van der Waals surface area contributed by atoms with E-state index in [4.69, 9.17) is 0 Å². The predicted octanol–water partition coefficient (Wildman–Crippen LogP) is 2.50. The van der Waals surface area contributed by atoms with Crippen LogP contribution in [0.3, 0.4) is 0 Å². The van der Waals surface area contributed by atoms with Crippen molar-refractivity contribution in [3.05, 3.63) is 12.8 Å². The van der Waals surface area contributed by atoms with Crippen molar-refractivity contribution in [2.75, 3.05) is 13.6 Å². The maximum absolute atomic E-state index is 3.72. The van der Waals surface area contributed by atoms with E-state index >= 15 is 0 Å². The Hall–Kier alpha value is -0.460. The highest BCUT2D eigenvalue weighted by atomic mass is 15.1. The Kier molecular flexibility index (Phi) is 2.98. The molecule has 1 aliphatic carbocycles. The molecular formula is C10H19N. The molecule has 1 fully saturated rings. The molecule has 0 bridgehead atoms. The lowest BCUT2D eigenvalue weighted by Gasteiger charge is -2.33. The SMILES string of the molecule is C=CN(C)CCC1CC(C)C1. The third-order valence-electron chi connectivity index (χ3n) is 2.67. The molecule has 0 unspecified atom stereocenters. The van der Waals surface area contributed by atoms with Gasteiger partial charge in [0, 0.05) is 13.6 Å². The average Bonchev–Trinajstić information content (AvgIpc) is 1.95. The molecule has 0 spiro atoms. The molecule has 0 radical (unpaired) electrons. The van der Waals surface area contributed by atoms with Crippen molar-refractivity contribution in [3.63, 3.8) is 0 Å². The molecule has 0 aromatic rings. The zero-order valence-electron chi connectivity index (χ0n) is 7.71. The lowest BCUT2D eigenvalue weighted by atomic mass is 9.74. The highest BCUT2D eigenvalue weighted by Crippen LogP contribution is 2.35. The van der Waals surface area contributed by atoms with E-state index in [9.17, 15) is 0 Å². The van der Waals surface area contributed by atoms with Crippen molar-refractivity contribution in [2.45, 2.75) is 26.2 Å². The van der Waals surface area contributed by atoms with Crippen LogP contribution in [-0.4, -0.2) is 18.5 Å². The van der Waals surface area contributed by atoms with E-state index in [1.54, 1.807) is 0 Å². The summed E-state index contributed by atoms with van der Waals surface area (Å²) in [4.78, 5) is 2.17. The van der Waals surface area contributed by atoms with Gasteiger partial charge < -0.3 is 4.90 Å². The van der Waals surface area contributed by atoms with E-state index in [0.29, 0.717) is 0 Å². The van der Waals surface area contributed by atoms with E-state index in [0.717, 1.165) is 11.8 Å². The Balaban J connectivity index is 2.00. The minimum absolute atomic E-state index is 0.994. The highest BCUT2D eigenvalue weighted by molar-refractivity contribution is 4.78. The zero-order valence-corrected chi connectivity index (χ0v) is 7.71. The first-order valence-corrected chi connectivity index (χ1v) is 4.55. The Morgan fingerprint density at radius 3 is 2.64 bits per heavy atom. The molecule has 0 N–H and O–H groups in total. The molecule has 1 heteroatoms. The lowest BCUT2D eigenvalue weighted by molar-refractivity contribution is 0.187. The van der Waals surface area contributed by atoms with Gasteiger partial charge in [-0.15, -0.1) is 0 Å². The molecule has 1 aliphatic rings. The minimum Gasteiger partial charge on any atom is -0.381 e. The van der Waals surface area contributed by atoms with Gasteiger partial charge >= 0.3 is 0 Å². The monoisotopic (exact) mass is 153 g/mol. The molecule has 0 aromatic heterocycles. The highest BCUT2D eigenvalue weighted by Gasteiger charge is 2.24. The van der Waals surface area contributed by atoms with Gasteiger partial charge in [-0.3, -0.25) is 0 Å². The summed E-state index contributed by atoms with van der Waals surface area (Å²) >= 11 is 0. The minimum atomic E-state index is 0.994.